The van der Waals surface area contributed by atoms with Gasteiger partial charge in [-0.05, 0) is 24.0 Å². The van der Waals surface area contributed by atoms with E-state index in [0.29, 0.717) is 37.4 Å². The summed E-state index contributed by atoms with van der Waals surface area (Å²) in [5, 5.41) is 21.3. The Kier molecular flexibility index (Phi) is 6.08. The van der Waals surface area contributed by atoms with Gasteiger partial charge in [0.15, 0.2) is 5.69 Å². The molecule has 4 rings (SSSR count). The molecular weight excluding hydrogens is 420 g/mol. The molecule has 1 aliphatic heterocycles. The van der Waals surface area contributed by atoms with E-state index in [9.17, 15) is 9.59 Å². The van der Waals surface area contributed by atoms with Crippen molar-refractivity contribution in [2.75, 3.05) is 13.1 Å². The zero-order valence-corrected chi connectivity index (χ0v) is 18.2. The molecule has 11 heteroatoms. The number of halogens is 1. The number of H-pyrrole nitrogens is 2. The number of hydrogen-bond donors (Lipinski definition) is 3. The summed E-state index contributed by atoms with van der Waals surface area (Å²) in [7, 11) is 1.84. The Balaban J connectivity index is 1.48. The van der Waals surface area contributed by atoms with Crippen LogP contribution in [0.15, 0.2) is 24.8 Å². The van der Waals surface area contributed by atoms with Crippen LogP contribution in [0.4, 0.5) is 0 Å². The number of aryl methyl sites for hydroxylation is 3. The minimum atomic E-state index is -0.245. The van der Waals surface area contributed by atoms with Gasteiger partial charge >= 0.3 is 0 Å². The molecule has 2 amide bonds. The highest BCUT2D eigenvalue weighted by molar-refractivity contribution is 6.34. The first kappa shape index (κ1) is 21.1. The summed E-state index contributed by atoms with van der Waals surface area (Å²) >= 11 is 6.33. The highest BCUT2D eigenvalue weighted by atomic mass is 35.5. The van der Waals surface area contributed by atoms with Gasteiger partial charge < -0.3 is 10.2 Å². The van der Waals surface area contributed by atoms with Crippen LogP contribution in [0.2, 0.25) is 5.02 Å². The molecule has 0 bridgehead atoms. The van der Waals surface area contributed by atoms with Crippen molar-refractivity contribution >= 4 is 23.4 Å². The lowest BCUT2D eigenvalue weighted by Gasteiger charge is -2.18. The van der Waals surface area contributed by atoms with Crippen LogP contribution in [0, 0.1) is 0 Å². The molecule has 4 heterocycles. The van der Waals surface area contributed by atoms with E-state index in [1.54, 1.807) is 28.2 Å². The maximum absolute atomic E-state index is 13.1. The maximum Gasteiger partial charge on any atom is 0.276 e. The van der Waals surface area contributed by atoms with E-state index in [2.05, 4.69) is 30.8 Å². The zero-order valence-electron chi connectivity index (χ0n) is 17.4. The molecule has 0 aromatic carbocycles. The van der Waals surface area contributed by atoms with E-state index in [4.69, 9.17) is 11.6 Å². The van der Waals surface area contributed by atoms with Gasteiger partial charge in [-0.2, -0.15) is 15.3 Å². The van der Waals surface area contributed by atoms with Crippen molar-refractivity contribution in [2.24, 2.45) is 7.05 Å². The molecule has 0 radical (unpaired) electrons. The molecule has 3 N–H and O–H groups in total. The van der Waals surface area contributed by atoms with Gasteiger partial charge in [-0.25, -0.2) is 0 Å². The van der Waals surface area contributed by atoms with Gasteiger partial charge in [0.05, 0.1) is 29.2 Å². The molecule has 0 unspecified atom stereocenters. The average molecular weight is 445 g/mol. The summed E-state index contributed by atoms with van der Waals surface area (Å²) in [5.74, 6) is -0.385. The third kappa shape index (κ3) is 4.48. The van der Waals surface area contributed by atoms with Crippen LogP contribution < -0.4 is 5.32 Å². The fourth-order valence-electron chi connectivity index (χ4n) is 3.93. The van der Waals surface area contributed by atoms with Gasteiger partial charge in [0.25, 0.3) is 5.91 Å². The summed E-state index contributed by atoms with van der Waals surface area (Å²) in [6.07, 6.45) is 8.78. The summed E-state index contributed by atoms with van der Waals surface area (Å²) in [5.41, 5.74) is 2.90. The Morgan fingerprint density at radius 3 is 2.81 bits per heavy atom. The first-order valence-corrected chi connectivity index (χ1v) is 10.6. The number of likely N-dealkylation sites (tertiary alicyclic amines) is 1. The molecule has 1 fully saturated rings. The number of nitrogens with one attached hydrogen (secondary N) is 3. The lowest BCUT2D eigenvalue weighted by atomic mass is 9.97. The van der Waals surface area contributed by atoms with Crippen molar-refractivity contribution in [3.05, 3.63) is 52.3 Å². The van der Waals surface area contributed by atoms with Gasteiger partial charge in [-0.3, -0.25) is 24.5 Å². The van der Waals surface area contributed by atoms with Crippen LogP contribution in [0.5, 0.6) is 0 Å². The molecule has 2 atom stereocenters. The van der Waals surface area contributed by atoms with Gasteiger partial charge in [0.1, 0.15) is 0 Å². The molecule has 31 heavy (non-hydrogen) atoms. The Labute approximate surface area is 184 Å². The lowest BCUT2D eigenvalue weighted by molar-refractivity contribution is -0.121. The minimum Gasteiger partial charge on any atom is -0.351 e. The summed E-state index contributed by atoms with van der Waals surface area (Å²) in [6, 6.07) is -0.228. The summed E-state index contributed by atoms with van der Waals surface area (Å²) in [6.45, 7) is 2.76. The van der Waals surface area contributed by atoms with Crippen LogP contribution >= 0.6 is 11.6 Å². The maximum atomic E-state index is 13.1. The molecule has 1 saturated heterocycles. The monoisotopic (exact) mass is 444 g/mol. The van der Waals surface area contributed by atoms with Gasteiger partial charge in [-0.1, -0.05) is 18.5 Å². The van der Waals surface area contributed by atoms with Gasteiger partial charge in [0, 0.05) is 44.9 Å². The molecule has 0 aliphatic carbocycles. The molecule has 3 aromatic heterocycles. The number of aromatic nitrogens is 6. The Bertz CT molecular complexity index is 1060. The van der Waals surface area contributed by atoms with Crippen molar-refractivity contribution in [3.8, 4) is 0 Å². The fourth-order valence-corrected chi connectivity index (χ4v) is 4.23. The van der Waals surface area contributed by atoms with E-state index in [1.807, 2.05) is 20.2 Å². The predicted molar refractivity (Wildman–Crippen MR) is 114 cm³/mol. The molecule has 0 spiro atoms. The van der Waals surface area contributed by atoms with E-state index in [0.717, 1.165) is 16.8 Å². The second kappa shape index (κ2) is 8.93. The number of hydrogen-bond acceptors (Lipinski definition) is 5. The highest BCUT2D eigenvalue weighted by Crippen LogP contribution is 2.30. The molecule has 1 aliphatic rings. The van der Waals surface area contributed by atoms with E-state index in [1.165, 1.54) is 0 Å². The normalized spacial score (nSPS) is 18.5. The molecule has 10 nitrogen and oxygen atoms in total. The summed E-state index contributed by atoms with van der Waals surface area (Å²) < 4.78 is 1.72. The average Bonchev–Trinajstić information content (AvgIpc) is 3.53. The molecular formula is C20H25ClN8O2. The Morgan fingerprint density at radius 2 is 2.16 bits per heavy atom. The van der Waals surface area contributed by atoms with E-state index >= 15 is 0 Å². The van der Waals surface area contributed by atoms with Crippen LogP contribution in [0.3, 0.4) is 0 Å². The SMILES string of the molecule is CCc1[nH]nc(C(=O)N2C[C@@H](NC(=O)CCc3cn[nH]c3)[C@H](c3cnn(C)c3)C2)c1Cl. The van der Waals surface area contributed by atoms with Crippen molar-refractivity contribution in [2.45, 2.75) is 38.1 Å². The molecule has 164 valence electrons. The first-order valence-electron chi connectivity index (χ1n) is 10.2. The van der Waals surface area contributed by atoms with Gasteiger partial charge in [0.2, 0.25) is 5.91 Å². The predicted octanol–water partition coefficient (Wildman–Crippen LogP) is 1.44. The third-order valence-corrected chi connectivity index (χ3v) is 6.04. The standard InChI is InChI=1S/C20H25ClN8O2/c1-3-15-18(21)19(27-26-15)20(31)29-10-14(13-8-24-28(2)9-13)16(11-29)25-17(30)5-4-12-6-22-23-7-12/h6-9,14,16H,3-5,10-11H2,1-2H3,(H,22,23)(H,25,30)(H,26,27)/t14-,16+/m0/s1. The number of carbonyl (C=O) groups is 2. The third-order valence-electron chi connectivity index (χ3n) is 5.63. The van der Waals surface area contributed by atoms with Crippen molar-refractivity contribution < 1.29 is 9.59 Å². The fraction of sp³-hybridized carbons (Fsp3) is 0.450. The first-order chi connectivity index (χ1) is 15.0. The Hall–Kier alpha value is -3.14. The Morgan fingerprint density at radius 1 is 1.32 bits per heavy atom. The van der Waals surface area contributed by atoms with Crippen molar-refractivity contribution in [1.29, 1.82) is 0 Å². The van der Waals surface area contributed by atoms with E-state index in [-0.39, 0.29) is 29.5 Å². The van der Waals surface area contributed by atoms with Crippen LogP contribution in [-0.2, 0) is 24.7 Å². The van der Waals surface area contributed by atoms with Crippen LogP contribution in [-0.4, -0.2) is 66.0 Å². The second-order valence-corrected chi connectivity index (χ2v) is 8.14. The second-order valence-electron chi connectivity index (χ2n) is 7.76. The molecule has 0 saturated carbocycles. The zero-order chi connectivity index (χ0) is 22.0. The number of amides is 2. The van der Waals surface area contributed by atoms with Crippen molar-refractivity contribution in [3.63, 3.8) is 0 Å². The largest absolute Gasteiger partial charge is 0.351 e. The van der Waals surface area contributed by atoms with Crippen LogP contribution in [0.1, 0.15) is 46.6 Å². The minimum absolute atomic E-state index is 0.0690. The summed E-state index contributed by atoms with van der Waals surface area (Å²) in [4.78, 5) is 27.4. The van der Waals surface area contributed by atoms with E-state index < -0.39 is 0 Å². The quantitative estimate of drug-likeness (QED) is 0.508. The number of nitrogens with zero attached hydrogens (tertiary/aromatic N) is 5. The van der Waals surface area contributed by atoms with Gasteiger partial charge in [-0.15, -0.1) is 0 Å². The number of rotatable bonds is 7. The smallest absolute Gasteiger partial charge is 0.276 e. The molecule has 3 aromatic rings. The topological polar surface area (TPSA) is 125 Å². The van der Waals surface area contributed by atoms with Crippen LogP contribution in [0.25, 0.3) is 0 Å². The number of carbonyl (C=O) groups excluding carboxylic acids is 2. The highest BCUT2D eigenvalue weighted by Gasteiger charge is 2.39. The number of aromatic amines is 2. The van der Waals surface area contributed by atoms with Crippen molar-refractivity contribution in [1.82, 2.24) is 40.4 Å². The lowest BCUT2D eigenvalue weighted by Crippen LogP contribution is -2.40.